The molecule has 9 nitrogen and oxygen atoms in total. The number of rotatable bonds is 16. The molecule has 4 fully saturated rings. The minimum Gasteiger partial charge on any atom is -0.465 e. The van der Waals surface area contributed by atoms with Crippen molar-refractivity contribution in [3.63, 3.8) is 0 Å². The molecule has 1 N–H and O–H groups in total. The standard InChI is InChI=1S/C30H47N3O6S/c1-4-6-10-18-39-29(37)24-23-21-22(3)30(40-23)25(24)27(35)33(12-8-7-9-17-34)26(30)28(36)32(11-5-2)14-13-31-15-19-38-20-16-31/h4-5,22-26,34H,1-2,6-21H2,3H3/t22?,23-,24+,25+,26?,30?/m1/s1. The number of aliphatic hydroxyl groups excluding tert-OH is 1. The van der Waals surface area contributed by atoms with Crippen LogP contribution in [0.4, 0.5) is 0 Å². The summed E-state index contributed by atoms with van der Waals surface area (Å²) in [4.78, 5) is 48.0. The van der Waals surface area contributed by atoms with E-state index in [-0.39, 0.29) is 35.6 Å². The Kier molecular flexibility index (Phi) is 11.1. The molecule has 0 aromatic heterocycles. The second kappa shape index (κ2) is 14.3. The third-order valence-corrected chi connectivity index (χ3v) is 11.1. The molecule has 0 aromatic carbocycles. The maximum Gasteiger partial charge on any atom is 0.310 e. The summed E-state index contributed by atoms with van der Waals surface area (Å²) < 4.78 is 10.5. The van der Waals surface area contributed by atoms with Crippen molar-refractivity contribution in [3.8, 4) is 0 Å². The number of carbonyl (C=O) groups excluding carboxylic acids is 3. The number of hydrogen-bond acceptors (Lipinski definition) is 8. The Bertz CT molecular complexity index is 927. The van der Waals surface area contributed by atoms with Gasteiger partial charge in [0.2, 0.25) is 11.8 Å². The molecule has 0 radical (unpaired) electrons. The Labute approximate surface area is 243 Å². The highest BCUT2D eigenvalue weighted by molar-refractivity contribution is 8.02. The number of likely N-dealkylation sites (tertiary alicyclic amines) is 1. The molecule has 4 aliphatic rings. The van der Waals surface area contributed by atoms with Gasteiger partial charge in [0.05, 0.1) is 36.4 Å². The summed E-state index contributed by atoms with van der Waals surface area (Å²) in [5.74, 6) is -1.43. The van der Waals surface area contributed by atoms with Crippen molar-refractivity contribution in [1.82, 2.24) is 14.7 Å². The van der Waals surface area contributed by atoms with Crippen molar-refractivity contribution in [3.05, 3.63) is 25.3 Å². The third-order valence-electron chi connectivity index (χ3n) is 9.06. The average molecular weight is 578 g/mol. The average Bonchev–Trinajstić information content (AvgIpc) is 3.55. The van der Waals surface area contributed by atoms with E-state index in [1.807, 2.05) is 4.90 Å². The number of carbonyl (C=O) groups is 3. The zero-order valence-electron chi connectivity index (χ0n) is 24.0. The van der Waals surface area contributed by atoms with Crippen LogP contribution in [0.5, 0.6) is 0 Å². The zero-order chi connectivity index (χ0) is 28.7. The van der Waals surface area contributed by atoms with E-state index >= 15 is 0 Å². The summed E-state index contributed by atoms with van der Waals surface area (Å²) in [6.45, 7) is 15.4. The molecule has 0 aromatic rings. The topological polar surface area (TPSA) is 99.6 Å². The number of ether oxygens (including phenoxy) is 2. The van der Waals surface area contributed by atoms with Crippen molar-refractivity contribution < 1.29 is 29.0 Å². The Hall–Kier alpha value is -1.88. The normalized spacial score (nSPS) is 31.3. The number of allylic oxidation sites excluding steroid dienone is 1. The molecule has 2 amide bonds. The molecule has 4 rings (SSSR count). The number of esters is 1. The molecule has 40 heavy (non-hydrogen) atoms. The van der Waals surface area contributed by atoms with Gasteiger partial charge in [0, 0.05) is 51.1 Å². The highest BCUT2D eigenvalue weighted by Gasteiger charge is 2.76. The van der Waals surface area contributed by atoms with Gasteiger partial charge in [-0.3, -0.25) is 19.3 Å². The molecule has 1 spiro atoms. The molecule has 2 bridgehead atoms. The first kappa shape index (κ1) is 31.1. The maximum atomic E-state index is 14.5. The lowest BCUT2D eigenvalue weighted by atomic mass is 9.66. The van der Waals surface area contributed by atoms with E-state index in [1.54, 1.807) is 28.8 Å². The van der Waals surface area contributed by atoms with Gasteiger partial charge in [-0.25, -0.2) is 0 Å². The van der Waals surface area contributed by atoms with Gasteiger partial charge in [-0.2, -0.15) is 0 Å². The molecule has 10 heteroatoms. The summed E-state index contributed by atoms with van der Waals surface area (Å²) in [6.07, 6.45) is 7.94. The van der Waals surface area contributed by atoms with Crippen LogP contribution in [-0.4, -0.2) is 119 Å². The first-order chi connectivity index (χ1) is 19.4. The van der Waals surface area contributed by atoms with E-state index in [0.717, 1.165) is 38.9 Å². The minimum absolute atomic E-state index is 0.0242. The van der Waals surface area contributed by atoms with Crippen LogP contribution in [0, 0.1) is 17.8 Å². The number of thioether (sulfide) groups is 1. The molecular weight excluding hydrogens is 530 g/mol. The van der Waals surface area contributed by atoms with Crippen LogP contribution in [0.3, 0.4) is 0 Å². The van der Waals surface area contributed by atoms with Gasteiger partial charge in [-0.15, -0.1) is 24.9 Å². The molecule has 4 saturated heterocycles. The van der Waals surface area contributed by atoms with E-state index in [1.165, 1.54) is 0 Å². The fourth-order valence-electron chi connectivity index (χ4n) is 7.08. The predicted octanol–water partition coefficient (Wildman–Crippen LogP) is 2.34. The molecule has 224 valence electrons. The van der Waals surface area contributed by atoms with Crippen LogP contribution in [0.25, 0.3) is 0 Å². The lowest BCUT2D eigenvalue weighted by molar-refractivity contribution is -0.154. The van der Waals surface area contributed by atoms with Crippen LogP contribution in [0.15, 0.2) is 25.3 Å². The van der Waals surface area contributed by atoms with Crippen molar-refractivity contribution in [2.45, 2.75) is 61.5 Å². The summed E-state index contributed by atoms with van der Waals surface area (Å²) >= 11 is 1.69. The minimum atomic E-state index is -0.654. The highest BCUT2D eigenvalue weighted by atomic mass is 32.2. The van der Waals surface area contributed by atoms with Gasteiger partial charge in [0.25, 0.3) is 0 Å². The molecular formula is C30H47N3O6S. The second-order valence-corrected chi connectivity index (χ2v) is 13.0. The first-order valence-corrected chi connectivity index (χ1v) is 15.8. The third kappa shape index (κ3) is 6.15. The van der Waals surface area contributed by atoms with Gasteiger partial charge >= 0.3 is 5.97 Å². The van der Waals surface area contributed by atoms with Crippen LogP contribution in [0.1, 0.15) is 45.4 Å². The molecule has 0 saturated carbocycles. The van der Waals surface area contributed by atoms with Crippen LogP contribution < -0.4 is 0 Å². The van der Waals surface area contributed by atoms with Crippen molar-refractivity contribution >= 4 is 29.5 Å². The van der Waals surface area contributed by atoms with Crippen molar-refractivity contribution in [2.24, 2.45) is 17.8 Å². The van der Waals surface area contributed by atoms with Gasteiger partial charge in [0.15, 0.2) is 0 Å². The summed E-state index contributed by atoms with van der Waals surface area (Å²) in [5, 5.41) is 9.25. The maximum absolute atomic E-state index is 14.5. The lowest BCUT2D eigenvalue weighted by Crippen LogP contribution is -2.58. The van der Waals surface area contributed by atoms with Crippen molar-refractivity contribution in [2.75, 3.05) is 65.7 Å². The monoisotopic (exact) mass is 577 g/mol. The second-order valence-electron chi connectivity index (χ2n) is 11.5. The van der Waals surface area contributed by atoms with Gasteiger partial charge in [-0.05, 0) is 44.4 Å². The van der Waals surface area contributed by atoms with Gasteiger partial charge in [-0.1, -0.05) is 19.1 Å². The van der Waals surface area contributed by atoms with Gasteiger partial charge < -0.3 is 24.4 Å². The number of unbranched alkanes of at least 4 members (excludes halogenated alkanes) is 3. The highest BCUT2D eigenvalue weighted by Crippen LogP contribution is 2.68. The Morgan fingerprint density at radius 3 is 2.65 bits per heavy atom. The smallest absolute Gasteiger partial charge is 0.310 e. The Morgan fingerprint density at radius 1 is 1.18 bits per heavy atom. The summed E-state index contributed by atoms with van der Waals surface area (Å²) in [6, 6.07) is -0.632. The predicted molar refractivity (Wildman–Crippen MR) is 156 cm³/mol. The molecule has 3 unspecified atom stereocenters. The number of fused-ring (bicyclic) bond motifs is 1. The van der Waals surface area contributed by atoms with E-state index in [4.69, 9.17) is 9.47 Å². The van der Waals surface area contributed by atoms with Crippen LogP contribution in [0.2, 0.25) is 0 Å². The Balaban J connectivity index is 1.60. The zero-order valence-corrected chi connectivity index (χ0v) is 24.8. The van der Waals surface area contributed by atoms with E-state index in [2.05, 4.69) is 25.0 Å². The number of hydrogen-bond donors (Lipinski definition) is 1. The lowest BCUT2D eigenvalue weighted by Gasteiger charge is -2.41. The number of morpholine rings is 1. The SMILES string of the molecule is C=CCCCOC(=O)[C@@H]1[C@H]2C(=O)N(CCCCCO)C(C(=O)N(CC=C)CCN3CCOCC3)C23S[C@@H]1CC3C. The van der Waals surface area contributed by atoms with Gasteiger partial charge in [0.1, 0.15) is 6.04 Å². The Morgan fingerprint density at radius 2 is 1.95 bits per heavy atom. The van der Waals surface area contributed by atoms with E-state index in [9.17, 15) is 19.5 Å². The summed E-state index contributed by atoms with van der Waals surface area (Å²) in [5.41, 5.74) is 0. The molecule has 6 atom stereocenters. The van der Waals surface area contributed by atoms with Crippen LogP contribution >= 0.6 is 11.8 Å². The molecule has 4 heterocycles. The van der Waals surface area contributed by atoms with E-state index in [0.29, 0.717) is 58.7 Å². The quantitative estimate of drug-likeness (QED) is 0.170. The van der Waals surface area contributed by atoms with E-state index < -0.39 is 22.6 Å². The fraction of sp³-hybridized carbons (Fsp3) is 0.767. The van der Waals surface area contributed by atoms with Crippen LogP contribution in [-0.2, 0) is 23.9 Å². The first-order valence-electron chi connectivity index (χ1n) is 15.0. The molecule has 0 aliphatic carbocycles. The fourth-order valence-corrected chi connectivity index (χ4v) is 9.49. The number of nitrogens with zero attached hydrogens (tertiary/aromatic N) is 3. The molecule has 4 aliphatic heterocycles. The largest absolute Gasteiger partial charge is 0.465 e. The van der Waals surface area contributed by atoms with Crippen molar-refractivity contribution in [1.29, 1.82) is 0 Å². The number of aliphatic hydroxyl groups is 1. The number of amides is 2. The summed E-state index contributed by atoms with van der Waals surface area (Å²) in [7, 11) is 0.